The van der Waals surface area contributed by atoms with Crippen molar-refractivity contribution >= 4 is 27.3 Å². The van der Waals surface area contributed by atoms with Gasteiger partial charge in [0.2, 0.25) is 5.91 Å². The molecule has 0 aliphatic heterocycles. The number of nitrogens with zero attached hydrogens (tertiary/aromatic N) is 1. The Bertz CT molecular complexity index is 1410. The fourth-order valence-electron chi connectivity index (χ4n) is 7.71. The molecule has 3 aromatic rings. The summed E-state index contributed by atoms with van der Waals surface area (Å²) < 4.78 is 28.6. The summed E-state index contributed by atoms with van der Waals surface area (Å²) >= 11 is 0. The van der Waals surface area contributed by atoms with Crippen molar-refractivity contribution in [2.75, 3.05) is 16.2 Å². The molecule has 0 heterocycles. The Labute approximate surface area is 226 Å². The Morgan fingerprint density at radius 3 is 2.08 bits per heavy atom. The summed E-state index contributed by atoms with van der Waals surface area (Å²) in [5.74, 6) is 2.27. The topological polar surface area (TPSA) is 66.5 Å². The Balaban J connectivity index is 1.23. The van der Waals surface area contributed by atoms with Gasteiger partial charge in [-0.05, 0) is 123 Å². The summed E-state index contributed by atoms with van der Waals surface area (Å²) in [4.78, 5) is 13.4. The summed E-state index contributed by atoms with van der Waals surface area (Å²) in [6, 6.07) is 22.3. The van der Waals surface area contributed by atoms with Gasteiger partial charge in [0.15, 0.2) is 0 Å². The lowest BCUT2D eigenvalue weighted by atomic mass is 9.48. The zero-order valence-corrected chi connectivity index (χ0v) is 23.0. The number of carbonyl (C=O) groups is 1. The van der Waals surface area contributed by atoms with E-state index >= 15 is 0 Å². The van der Waals surface area contributed by atoms with Crippen molar-refractivity contribution in [3.63, 3.8) is 0 Å². The van der Waals surface area contributed by atoms with E-state index in [4.69, 9.17) is 0 Å². The highest BCUT2D eigenvalue weighted by molar-refractivity contribution is 7.92. The molecular formula is C32H36N2O3S. The van der Waals surface area contributed by atoms with Gasteiger partial charge < -0.3 is 5.32 Å². The van der Waals surface area contributed by atoms with E-state index in [0.717, 1.165) is 28.9 Å². The van der Waals surface area contributed by atoms with Crippen molar-refractivity contribution in [2.45, 2.75) is 62.7 Å². The summed E-state index contributed by atoms with van der Waals surface area (Å²) in [6.07, 6.45) is 8.13. The van der Waals surface area contributed by atoms with Crippen molar-refractivity contribution in [2.24, 2.45) is 17.8 Å². The van der Waals surface area contributed by atoms with Gasteiger partial charge in [-0.1, -0.05) is 42.5 Å². The maximum absolute atomic E-state index is 13.7. The number of benzene rings is 3. The lowest BCUT2D eigenvalue weighted by Crippen LogP contribution is -2.48. The van der Waals surface area contributed by atoms with Crippen LogP contribution in [0.1, 0.15) is 55.2 Å². The lowest BCUT2D eigenvalue weighted by Gasteiger charge is -2.57. The van der Waals surface area contributed by atoms with Gasteiger partial charge in [0.1, 0.15) is 6.54 Å². The van der Waals surface area contributed by atoms with Crippen molar-refractivity contribution in [1.82, 2.24) is 0 Å². The SMILES string of the molecule is Cc1ccc(C)c(N(CC(=O)Nc2ccc(C34CC5CC(CC(C5)C3)C4)cc2)S(=O)(=O)c2ccccc2)c1. The average molecular weight is 529 g/mol. The van der Waals surface area contributed by atoms with E-state index in [1.807, 2.05) is 44.2 Å². The number of hydrogen-bond donors (Lipinski definition) is 1. The first-order chi connectivity index (χ1) is 18.2. The van der Waals surface area contributed by atoms with Crippen LogP contribution < -0.4 is 9.62 Å². The summed E-state index contributed by atoms with van der Waals surface area (Å²) in [5, 5.41) is 2.96. The highest BCUT2D eigenvalue weighted by Gasteiger charge is 2.51. The molecule has 4 saturated carbocycles. The van der Waals surface area contributed by atoms with Crippen LogP contribution in [0.25, 0.3) is 0 Å². The molecule has 4 fully saturated rings. The predicted molar refractivity (Wildman–Crippen MR) is 152 cm³/mol. The van der Waals surface area contributed by atoms with Gasteiger partial charge in [-0.2, -0.15) is 0 Å². The van der Waals surface area contributed by atoms with Gasteiger partial charge in [0.25, 0.3) is 10.0 Å². The molecule has 0 unspecified atom stereocenters. The quantitative estimate of drug-likeness (QED) is 0.375. The van der Waals surface area contributed by atoms with Crippen molar-refractivity contribution in [1.29, 1.82) is 0 Å². The van der Waals surface area contributed by atoms with Gasteiger partial charge in [0.05, 0.1) is 10.6 Å². The molecule has 3 aromatic carbocycles. The molecule has 6 heteroatoms. The van der Waals surface area contributed by atoms with Crippen LogP contribution >= 0.6 is 0 Å². The number of anilines is 2. The van der Waals surface area contributed by atoms with Crippen LogP contribution in [0, 0.1) is 31.6 Å². The van der Waals surface area contributed by atoms with Crippen LogP contribution in [0.3, 0.4) is 0 Å². The molecule has 5 nitrogen and oxygen atoms in total. The molecule has 1 amide bonds. The van der Waals surface area contributed by atoms with Gasteiger partial charge in [0, 0.05) is 5.69 Å². The Morgan fingerprint density at radius 1 is 0.868 bits per heavy atom. The third-order valence-corrected chi connectivity index (χ3v) is 10.8. The largest absolute Gasteiger partial charge is 0.325 e. The van der Waals surface area contributed by atoms with E-state index in [2.05, 4.69) is 17.4 Å². The molecule has 4 bridgehead atoms. The number of sulfonamides is 1. The predicted octanol–water partition coefficient (Wildman–Crippen LogP) is 6.61. The fraction of sp³-hybridized carbons (Fsp3) is 0.406. The second-order valence-corrected chi connectivity index (χ2v) is 13.8. The standard InChI is InChI=1S/C32H36N2O3S/c1-22-8-9-23(2)30(14-22)34(38(36,37)29-6-4-3-5-7-29)21-31(35)33-28-12-10-27(11-13-28)32-18-24-15-25(19-32)17-26(16-24)20-32/h3-14,24-26H,15-21H2,1-2H3,(H,33,35). The second-order valence-electron chi connectivity index (χ2n) is 11.9. The smallest absolute Gasteiger partial charge is 0.264 e. The van der Waals surface area contributed by atoms with Gasteiger partial charge in [-0.3, -0.25) is 9.10 Å². The van der Waals surface area contributed by atoms with Crippen LogP contribution in [0.4, 0.5) is 11.4 Å². The van der Waals surface area contributed by atoms with Gasteiger partial charge >= 0.3 is 0 Å². The van der Waals surface area contributed by atoms with E-state index in [9.17, 15) is 13.2 Å². The third-order valence-electron chi connectivity index (χ3n) is 9.07. The zero-order valence-electron chi connectivity index (χ0n) is 22.2. The Morgan fingerprint density at radius 2 is 1.47 bits per heavy atom. The van der Waals surface area contributed by atoms with Crippen LogP contribution in [-0.4, -0.2) is 20.9 Å². The molecule has 0 atom stereocenters. The van der Waals surface area contributed by atoms with Crippen molar-refractivity contribution in [3.8, 4) is 0 Å². The molecule has 0 radical (unpaired) electrons. The zero-order chi connectivity index (χ0) is 26.5. The molecule has 4 aliphatic rings. The number of amides is 1. The van der Waals surface area contributed by atoms with E-state index in [1.165, 1.54) is 48.4 Å². The fourth-order valence-corrected chi connectivity index (χ4v) is 9.21. The minimum absolute atomic E-state index is 0.161. The number of aryl methyl sites for hydroxylation is 2. The first-order valence-electron chi connectivity index (χ1n) is 13.8. The van der Waals surface area contributed by atoms with E-state index in [1.54, 1.807) is 30.3 Å². The molecule has 38 heavy (non-hydrogen) atoms. The lowest BCUT2D eigenvalue weighted by molar-refractivity contribution is -0.114. The molecular weight excluding hydrogens is 492 g/mol. The molecule has 198 valence electrons. The molecule has 0 saturated heterocycles. The molecule has 0 aromatic heterocycles. The van der Waals surface area contributed by atoms with Crippen LogP contribution in [0.5, 0.6) is 0 Å². The molecule has 0 spiro atoms. The van der Waals surface area contributed by atoms with Gasteiger partial charge in [-0.25, -0.2) is 8.42 Å². The number of nitrogens with one attached hydrogen (secondary N) is 1. The summed E-state index contributed by atoms with van der Waals surface area (Å²) in [5.41, 5.74) is 4.64. The van der Waals surface area contributed by atoms with E-state index in [0.29, 0.717) is 16.8 Å². The second kappa shape index (κ2) is 9.57. The van der Waals surface area contributed by atoms with E-state index in [-0.39, 0.29) is 17.3 Å². The van der Waals surface area contributed by atoms with Crippen LogP contribution in [-0.2, 0) is 20.2 Å². The normalized spacial score (nSPS) is 25.8. The summed E-state index contributed by atoms with van der Waals surface area (Å²) in [7, 11) is -3.94. The van der Waals surface area contributed by atoms with Gasteiger partial charge in [-0.15, -0.1) is 0 Å². The Hall–Kier alpha value is -3.12. The molecule has 4 aliphatic carbocycles. The van der Waals surface area contributed by atoms with E-state index < -0.39 is 10.0 Å². The number of hydrogen-bond acceptors (Lipinski definition) is 3. The van der Waals surface area contributed by atoms with Crippen LogP contribution in [0.15, 0.2) is 77.7 Å². The van der Waals surface area contributed by atoms with Crippen molar-refractivity contribution < 1.29 is 13.2 Å². The molecule has 1 N–H and O–H groups in total. The first-order valence-corrected chi connectivity index (χ1v) is 15.2. The monoisotopic (exact) mass is 528 g/mol. The maximum Gasteiger partial charge on any atom is 0.264 e. The highest BCUT2D eigenvalue weighted by Crippen LogP contribution is 2.60. The highest BCUT2D eigenvalue weighted by atomic mass is 32.2. The van der Waals surface area contributed by atoms with Crippen LogP contribution in [0.2, 0.25) is 0 Å². The summed E-state index contributed by atoms with van der Waals surface area (Å²) in [6.45, 7) is 3.48. The van der Waals surface area contributed by atoms with Crippen molar-refractivity contribution in [3.05, 3.63) is 89.5 Å². The first kappa shape index (κ1) is 25.2. The third kappa shape index (κ3) is 4.64. The Kier molecular flexibility index (Phi) is 6.34. The maximum atomic E-state index is 13.7. The average Bonchev–Trinajstić information content (AvgIpc) is 2.89. The number of rotatable bonds is 7. The minimum Gasteiger partial charge on any atom is -0.325 e. The molecule has 7 rings (SSSR count). The minimum atomic E-state index is -3.94. The number of carbonyl (C=O) groups excluding carboxylic acids is 1.